The summed E-state index contributed by atoms with van der Waals surface area (Å²) in [5.41, 5.74) is 0. The van der Waals surface area contributed by atoms with Crippen LogP contribution in [0, 0.1) is 6.92 Å². The lowest BCUT2D eigenvalue weighted by molar-refractivity contribution is -0.139. The molecule has 20 heavy (non-hydrogen) atoms. The summed E-state index contributed by atoms with van der Waals surface area (Å²) in [6.07, 6.45) is 1.58. The molecule has 1 rings (SSSR count). The third-order valence-corrected chi connectivity index (χ3v) is 2.72. The molecule has 0 aliphatic rings. The van der Waals surface area contributed by atoms with Crippen LogP contribution in [0.3, 0.4) is 0 Å². The van der Waals surface area contributed by atoms with Gasteiger partial charge in [-0.15, -0.1) is 6.58 Å². The summed E-state index contributed by atoms with van der Waals surface area (Å²) in [4.78, 5) is 25.8. The normalized spacial score (nSPS) is 10.6. The van der Waals surface area contributed by atoms with Crippen LogP contribution in [0.15, 0.2) is 29.2 Å². The number of nitrogens with zero attached hydrogens (tertiary/aromatic N) is 2. The summed E-state index contributed by atoms with van der Waals surface area (Å²) in [5, 5.41) is 8.78. The van der Waals surface area contributed by atoms with Gasteiger partial charge in [0.25, 0.3) is 0 Å². The van der Waals surface area contributed by atoms with Crippen LogP contribution in [0.25, 0.3) is 0 Å². The fourth-order valence-electron chi connectivity index (χ4n) is 1.76. The van der Waals surface area contributed by atoms with Crippen molar-refractivity contribution in [3.63, 3.8) is 0 Å². The van der Waals surface area contributed by atoms with E-state index in [4.69, 9.17) is 9.52 Å². The topological polar surface area (TPSA) is 74.0 Å². The van der Waals surface area contributed by atoms with E-state index in [0.29, 0.717) is 18.8 Å². The Morgan fingerprint density at radius 2 is 2.10 bits per heavy atom. The molecule has 0 bridgehead atoms. The largest absolute Gasteiger partial charge is 0.480 e. The number of amides is 1. The van der Waals surface area contributed by atoms with Crippen LogP contribution < -0.4 is 0 Å². The van der Waals surface area contributed by atoms with Crippen LogP contribution in [-0.4, -0.2) is 53.5 Å². The fourth-order valence-corrected chi connectivity index (χ4v) is 1.76. The first-order valence-corrected chi connectivity index (χ1v) is 6.26. The minimum absolute atomic E-state index is 0.0362. The van der Waals surface area contributed by atoms with Crippen molar-refractivity contribution < 1.29 is 19.1 Å². The van der Waals surface area contributed by atoms with Crippen molar-refractivity contribution in [2.24, 2.45) is 0 Å². The molecule has 0 aliphatic heterocycles. The predicted molar refractivity (Wildman–Crippen MR) is 74.2 cm³/mol. The quantitative estimate of drug-likeness (QED) is 0.722. The van der Waals surface area contributed by atoms with Crippen LogP contribution >= 0.6 is 0 Å². The van der Waals surface area contributed by atoms with Gasteiger partial charge >= 0.3 is 5.97 Å². The average Bonchev–Trinajstić information content (AvgIpc) is 2.74. The number of aliphatic carboxylic acids is 1. The van der Waals surface area contributed by atoms with Gasteiger partial charge in [-0.05, 0) is 19.1 Å². The second-order valence-electron chi connectivity index (χ2n) is 4.61. The number of furan rings is 1. The number of carboxylic acids is 1. The van der Waals surface area contributed by atoms with E-state index in [9.17, 15) is 9.59 Å². The molecule has 1 amide bonds. The lowest BCUT2D eigenvalue weighted by atomic mass is 10.3. The van der Waals surface area contributed by atoms with E-state index in [1.54, 1.807) is 13.1 Å². The van der Waals surface area contributed by atoms with Gasteiger partial charge in [-0.3, -0.25) is 14.5 Å². The number of carboxylic acid groups (broad SMARTS) is 1. The first-order valence-electron chi connectivity index (χ1n) is 6.26. The SMILES string of the molecule is C=CCN(CC(=O)O)CC(=O)N(C)Cc1ccc(C)o1. The van der Waals surface area contributed by atoms with E-state index in [1.807, 2.05) is 19.1 Å². The van der Waals surface area contributed by atoms with Crippen molar-refractivity contribution in [2.45, 2.75) is 13.5 Å². The van der Waals surface area contributed by atoms with E-state index in [-0.39, 0.29) is 19.0 Å². The van der Waals surface area contributed by atoms with Gasteiger partial charge in [0, 0.05) is 13.6 Å². The van der Waals surface area contributed by atoms with Gasteiger partial charge in [0.15, 0.2) is 0 Å². The Morgan fingerprint density at radius 1 is 1.40 bits per heavy atom. The highest BCUT2D eigenvalue weighted by Crippen LogP contribution is 2.08. The molecule has 0 spiro atoms. The van der Waals surface area contributed by atoms with Crippen LogP contribution in [-0.2, 0) is 16.1 Å². The molecule has 1 aromatic heterocycles. The molecule has 1 N–H and O–H groups in total. The first-order chi connectivity index (χ1) is 9.42. The molecule has 0 atom stereocenters. The minimum atomic E-state index is -0.969. The molecule has 0 unspecified atom stereocenters. The monoisotopic (exact) mass is 280 g/mol. The molecule has 1 heterocycles. The van der Waals surface area contributed by atoms with E-state index in [1.165, 1.54) is 9.80 Å². The van der Waals surface area contributed by atoms with E-state index in [0.717, 1.165) is 5.76 Å². The number of carbonyl (C=O) groups is 2. The standard InChI is InChI=1S/C14H20N2O4/c1-4-7-16(10-14(18)19)9-13(17)15(3)8-12-6-5-11(2)20-12/h4-6H,1,7-10H2,2-3H3,(H,18,19). The number of aryl methyl sites for hydroxylation is 1. The minimum Gasteiger partial charge on any atom is -0.480 e. The summed E-state index contributed by atoms with van der Waals surface area (Å²) < 4.78 is 5.40. The van der Waals surface area contributed by atoms with Gasteiger partial charge < -0.3 is 14.4 Å². The Hall–Kier alpha value is -2.08. The number of hydrogen-bond donors (Lipinski definition) is 1. The van der Waals surface area contributed by atoms with E-state index in [2.05, 4.69) is 6.58 Å². The second kappa shape index (κ2) is 7.49. The van der Waals surface area contributed by atoms with Crippen molar-refractivity contribution in [3.05, 3.63) is 36.3 Å². The molecular weight excluding hydrogens is 260 g/mol. The Kier molecular flexibility index (Phi) is 5.99. The Balaban J connectivity index is 2.54. The highest BCUT2D eigenvalue weighted by Gasteiger charge is 2.16. The molecule has 110 valence electrons. The van der Waals surface area contributed by atoms with Gasteiger partial charge in [-0.2, -0.15) is 0 Å². The molecule has 0 fully saturated rings. The number of likely N-dealkylation sites (N-methyl/N-ethyl adjacent to an activating group) is 1. The van der Waals surface area contributed by atoms with E-state index < -0.39 is 5.97 Å². The van der Waals surface area contributed by atoms with Gasteiger partial charge in [0.1, 0.15) is 11.5 Å². The molecule has 0 radical (unpaired) electrons. The van der Waals surface area contributed by atoms with Crippen LogP contribution in [0.4, 0.5) is 0 Å². The first kappa shape index (κ1) is 16.0. The average molecular weight is 280 g/mol. The van der Waals surface area contributed by atoms with Gasteiger partial charge in [0.05, 0.1) is 19.6 Å². The van der Waals surface area contributed by atoms with Crippen molar-refractivity contribution >= 4 is 11.9 Å². The van der Waals surface area contributed by atoms with Gasteiger partial charge in [0.2, 0.25) is 5.91 Å². The summed E-state index contributed by atoms with van der Waals surface area (Å²) >= 11 is 0. The molecule has 6 nitrogen and oxygen atoms in total. The maximum atomic E-state index is 12.0. The number of rotatable bonds is 8. The fraction of sp³-hybridized carbons (Fsp3) is 0.429. The highest BCUT2D eigenvalue weighted by molar-refractivity contribution is 5.79. The lowest BCUT2D eigenvalue weighted by Crippen LogP contribution is -2.40. The van der Waals surface area contributed by atoms with Crippen molar-refractivity contribution in [2.75, 3.05) is 26.7 Å². The van der Waals surface area contributed by atoms with Crippen LogP contribution in [0.5, 0.6) is 0 Å². The summed E-state index contributed by atoms with van der Waals surface area (Å²) in [6.45, 7) is 5.96. The maximum absolute atomic E-state index is 12.0. The Bertz CT molecular complexity index is 481. The molecule has 0 aliphatic carbocycles. The summed E-state index contributed by atoms with van der Waals surface area (Å²) in [6, 6.07) is 3.65. The number of hydrogen-bond acceptors (Lipinski definition) is 4. The maximum Gasteiger partial charge on any atom is 0.317 e. The molecule has 1 aromatic rings. The highest BCUT2D eigenvalue weighted by atomic mass is 16.4. The van der Waals surface area contributed by atoms with Gasteiger partial charge in [-0.25, -0.2) is 0 Å². The summed E-state index contributed by atoms with van der Waals surface area (Å²) in [7, 11) is 1.66. The smallest absolute Gasteiger partial charge is 0.317 e. The summed E-state index contributed by atoms with van der Waals surface area (Å²) in [5.74, 6) is 0.359. The number of carbonyl (C=O) groups excluding carboxylic acids is 1. The van der Waals surface area contributed by atoms with Crippen LogP contribution in [0.1, 0.15) is 11.5 Å². The van der Waals surface area contributed by atoms with Gasteiger partial charge in [-0.1, -0.05) is 6.08 Å². The lowest BCUT2D eigenvalue weighted by Gasteiger charge is -2.22. The van der Waals surface area contributed by atoms with Crippen molar-refractivity contribution in [3.8, 4) is 0 Å². The zero-order valence-corrected chi connectivity index (χ0v) is 11.8. The molecular formula is C14H20N2O4. The molecule has 0 aromatic carbocycles. The third-order valence-electron chi connectivity index (χ3n) is 2.72. The third kappa shape index (κ3) is 5.27. The Morgan fingerprint density at radius 3 is 2.60 bits per heavy atom. The van der Waals surface area contributed by atoms with Crippen LogP contribution in [0.2, 0.25) is 0 Å². The molecule has 6 heteroatoms. The Labute approximate surface area is 118 Å². The van der Waals surface area contributed by atoms with Crippen molar-refractivity contribution in [1.82, 2.24) is 9.80 Å². The second-order valence-corrected chi connectivity index (χ2v) is 4.61. The zero-order valence-electron chi connectivity index (χ0n) is 11.8. The zero-order chi connectivity index (χ0) is 15.1. The molecule has 0 saturated heterocycles. The van der Waals surface area contributed by atoms with Crippen molar-refractivity contribution in [1.29, 1.82) is 0 Å². The van der Waals surface area contributed by atoms with E-state index >= 15 is 0 Å². The predicted octanol–water partition coefficient (Wildman–Crippen LogP) is 1.12. The molecule has 0 saturated carbocycles.